The second-order valence-electron chi connectivity index (χ2n) is 6.06. The lowest BCUT2D eigenvalue weighted by molar-refractivity contribution is -0.274. The number of benzene rings is 1. The Bertz CT molecular complexity index is 740. The van der Waals surface area contributed by atoms with E-state index in [0.717, 1.165) is 31.1 Å². The first kappa shape index (κ1) is 20.5. The number of alkyl halides is 3. The highest BCUT2D eigenvalue weighted by molar-refractivity contribution is 5.75. The molecule has 8 heteroatoms. The van der Waals surface area contributed by atoms with E-state index in [9.17, 15) is 22.4 Å². The number of ether oxygens (including phenoxy) is 2. The standard InChI is InChI=1S/C19H17F4NO3/c20-15(12-24)3-1-2-13-4-6-14(7-5-13)18(25)26-16-8-10-17(11-9-16)27-19(21,22)23/h1-3,8-11,13-14H,4-7H2. The minimum Gasteiger partial charge on any atom is -0.426 e. The number of halogens is 4. The van der Waals surface area contributed by atoms with Crippen molar-refractivity contribution in [1.29, 1.82) is 5.26 Å². The Morgan fingerprint density at radius 3 is 2.26 bits per heavy atom. The van der Waals surface area contributed by atoms with Gasteiger partial charge in [0.15, 0.2) is 5.83 Å². The van der Waals surface area contributed by atoms with E-state index in [-0.39, 0.29) is 17.6 Å². The molecule has 0 amide bonds. The summed E-state index contributed by atoms with van der Waals surface area (Å²) in [5.74, 6) is -1.65. The molecular weight excluding hydrogens is 366 g/mol. The quantitative estimate of drug-likeness (QED) is 0.230. The molecule has 1 aromatic carbocycles. The number of carbonyl (C=O) groups excluding carboxylic acids is 1. The number of hydrogen-bond acceptors (Lipinski definition) is 4. The molecule has 144 valence electrons. The number of allylic oxidation sites excluding steroid dienone is 4. The van der Waals surface area contributed by atoms with Gasteiger partial charge in [-0.25, -0.2) is 0 Å². The molecule has 27 heavy (non-hydrogen) atoms. The van der Waals surface area contributed by atoms with Crippen molar-refractivity contribution in [3.8, 4) is 17.6 Å². The van der Waals surface area contributed by atoms with Crippen LogP contribution in [0, 0.1) is 23.2 Å². The number of esters is 1. The zero-order valence-electron chi connectivity index (χ0n) is 14.2. The van der Waals surface area contributed by atoms with Gasteiger partial charge >= 0.3 is 12.3 Å². The molecule has 0 N–H and O–H groups in total. The van der Waals surface area contributed by atoms with Gasteiger partial charge in [-0.15, -0.1) is 13.2 Å². The molecule has 0 saturated heterocycles. The summed E-state index contributed by atoms with van der Waals surface area (Å²) in [5.41, 5.74) is 0. The molecular formula is C19H17F4NO3. The van der Waals surface area contributed by atoms with E-state index in [4.69, 9.17) is 10.00 Å². The van der Waals surface area contributed by atoms with Crippen LogP contribution in [0.2, 0.25) is 0 Å². The molecule has 0 spiro atoms. The van der Waals surface area contributed by atoms with Gasteiger partial charge in [-0.2, -0.15) is 9.65 Å². The van der Waals surface area contributed by atoms with E-state index in [1.54, 1.807) is 6.08 Å². The third kappa shape index (κ3) is 7.13. The molecule has 1 aliphatic carbocycles. The summed E-state index contributed by atoms with van der Waals surface area (Å²) in [5, 5.41) is 8.32. The zero-order valence-corrected chi connectivity index (χ0v) is 14.2. The van der Waals surface area contributed by atoms with Crippen LogP contribution < -0.4 is 9.47 Å². The lowest BCUT2D eigenvalue weighted by Crippen LogP contribution is -2.25. The van der Waals surface area contributed by atoms with Crippen LogP contribution in [-0.2, 0) is 4.79 Å². The number of hydrogen-bond donors (Lipinski definition) is 0. The second kappa shape index (κ2) is 9.21. The fraction of sp³-hybridized carbons (Fsp3) is 0.368. The van der Waals surface area contributed by atoms with Crippen LogP contribution in [-0.4, -0.2) is 12.3 Å². The van der Waals surface area contributed by atoms with Gasteiger partial charge in [0.25, 0.3) is 0 Å². The Kier molecular flexibility index (Phi) is 6.99. The van der Waals surface area contributed by atoms with Crippen molar-refractivity contribution in [2.75, 3.05) is 0 Å². The van der Waals surface area contributed by atoms with Gasteiger partial charge in [0.05, 0.1) is 5.92 Å². The van der Waals surface area contributed by atoms with Crippen LogP contribution in [0.1, 0.15) is 25.7 Å². The smallest absolute Gasteiger partial charge is 0.426 e. The minimum absolute atomic E-state index is 0.147. The topological polar surface area (TPSA) is 59.3 Å². The Morgan fingerprint density at radius 1 is 1.11 bits per heavy atom. The van der Waals surface area contributed by atoms with Crippen molar-refractivity contribution in [1.82, 2.24) is 0 Å². The van der Waals surface area contributed by atoms with Gasteiger partial charge in [0.2, 0.25) is 0 Å². The molecule has 2 rings (SSSR count). The summed E-state index contributed by atoms with van der Waals surface area (Å²) in [6.07, 6.45) is 2.23. The first-order valence-electron chi connectivity index (χ1n) is 8.28. The molecule has 1 fully saturated rings. The Balaban J connectivity index is 1.81. The van der Waals surface area contributed by atoms with Crippen molar-refractivity contribution in [3.05, 3.63) is 48.3 Å². The van der Waals surface area contributed by atoms with Crippen LogP contribution in [0.4, 0.5) is 17.6 Å². The molecule has 1 aromatic rings. The van der Waals surface area contributed by atoms with Crippen molar-refractivity contribution in [2.24, 2.45) is 11.8 Å². The Labute approximate surface area is 153 Å². The SMILES string of the molecule is N#CC(F)=CC=CC1CCC(C(=O)Oc2ccc(OC(F)(F)F)cc2)CC1. The van der Waals surface area contributed by atoms with Crippen LogP contribution >= 0.6 is 0 Å². The summed E-state index contributed by atoms with van der Waals surface area (Å²) in [7, 11) is 0. The highest BCUT2D eigenvalue weighted by atomic mass is 19.4. The first-order chi connectivity index (χ1) is 12.8. The number of carbonyl (C=O) groups is 1. The van der Waals surface area contributed by atoms with Crippen molar-refractivity contribution in [3.63, 3.8) is 0 Å². The number of nitrogens with zero attached hydrogens (tertiary/aromatic N) is 1. The molecule has 0 atom stereocenters. The highest BCUT2D eigenvalue weighted by Gasteiger charge is 2.31. The predicted molar refractivity (Wildman–Crippen MR) is 88.2 cm³/mol. The van der Waals surface area contributed by atoms with Gasteiger partial charge in [0.1, 0.15) is 17.6 Å². The molecule has 1 aliphatic rings. The molecule has 0 aliphatic heterocycles. The minimum atomic E-state index is -4.78. The third-order valence-electron chi connectivity index (χ3n) is 4.11. The molecule has 4 nitrogen and oxygen atoms in total. The maximum atomic E-state index is 12.7. The summed E-state index contributed by atoms with van der Waals surface area (Å²) in [6, 6.07) is 6.01. The second-order valence-corrected chi connectivity index (χ2v) is 6.06. The summed E-state index contributed by atoms with van der Waals surface area (Å²) in [4.78, 5) is 12.2. The summed E-state index contributed by atoms with van der Waals surface area (Å²) < 4.78 is 58.0. The Morgan fingerprint density at radius 2 is 1.70 bits per heavy atom. The average molecular weight is 383 g/mol. The average Bonchev–Trinajstić information content (AvgIpc) is 2.62. The number of nitriles is 1. The van der Waals surface area contributed by atoms with E-state index in [1.807, 2.05) is 0 Å². The lowest BCUT2D eigenvalue weighted by atomic mass is 9.82. The maximum Gasteiger partial charge on any atom is 0.573 e. The van der Waals surface area contributed by atoms with Crippen molar-refractivity contribution >= 4 is 5.97 Å². The monoisotopic (exact) mass is 383 g/mol. The van der Waals surface area contributed by atoms with Gasteiger partial charge in [-0.3, -0.25) is 4.79 Å². The molecule has 0 bridgehead atoms. The summed E-state index contributed by atoms with van der Waals surface area (Å²) >= 11 is 0. The highest BCUT2D eigenvalue weighted by Crippen LogP contribution is 2.31. The first-order valence-corrected chi connectivity index (χ1v) is 8.28. The molecule has 0 heterocycles. The predicted octanol–water partition coefficient (Wildman–Crippen LogP) is 5.23. The van der Waals surface area contributed by atoms with E-state index in [1.165, 1.54) is 24.3 Å². The molecule has 1 saturated carbocycles. The van der Waals surface area contributed by atoms with E-state index >= 15 is 0 Å². The van der Waals surface area contributed by atoms with Crippen molar-refractivity contribution < 1.29 is 31.8 Å². The van der Waals surface area contributed by atoms with E-state index < -0.39 is 23.9 Å². The van der Waals surface area contributed by atoms with Crippen molar-refractivity contribution in [2.45, 2.75) is 32.0 Å². The van der Waals surface area contributed by atoms with Crippen LogP contribution in [0.5, 0.6) is 11.5 Å². The van der Waals surface area contributed by atoms with Gasteiger partial charge in [-0.1, -0.05) is 12.2 Å². The Hall–Kier alpha value is -2.82. The third-order valence-corrected chi connectivity index (χ3v) is 4.11. The normalized spacial score (nSPS) is 20.9. The summed E-state index contributed by atoms with van der Waals surface area (Å²) in [6.45, 7) is 0. The maximum absolute atomic E-state index is 12.7. The zero-order chi connectivity index (χ0) is 19.9. The van der Waals surface area contributed by atoms with Crippen LogP contribution in [0.3, 0.4) is 0 Å². The van der Waals surface area contributed by atoms with E-state index in [2.05, 4.69) is 4.74 Å². The molecule has 0 unspecified atom stereocenters. The van der Waals surface area contributed by atoms with Gasteiger partial charge in [-0.05, 0) is 61.9 Å². The molecule has 0 radical (unpaired) electrons. The van der Waals surface area contributed by atoms with E-state index in [0.29, 0.717) is 12.8 Å². The largest absolute Gasteiger partial charge is 0.573 e. The fourth-order valence-electron chi connectivity index (χ4n) is 2.79. The fourth-order valence-corrected chi connectivity index (χ4v) is 2.79. The van der Waals surface area contributed by atoms with Crippen LogP contribution in [0.15, 0.2) is 48.3 Å². The number of rotatable bonds is 5. The van der Waals surface area contributed by atoms with Gasteiger partial charge in [0, 0.05) is 0 Å². The van der Waals surface area contributed by atoms with Gasteiger partial charge < -0.3 is 9.47 Å². The molecule has 0 aromatic heterocycles. The van der Waals surface area contributed by atoms with Crippen LogP contribution in [0.25, 0.3) is 0 Å². The lowest BCUT2D eigenvalue weighted by Gasteiger charge is -2.25.